The standard InChI is InChI=1S/C21H27N5O6/c1-6-12(2)23-19(29)14-7-13(8-15(9-14)26(31)32)16-10-22-18(24-21(3,4)5)20(30)25(16)11-17(27)28/h7-10,12H,6,11H2,1-5H3,(H,22,24)(H,23,29)(H,27,28)/t12-/m1/s1. The molecule has 2 rings (SSSR count). The number of nitro groups is 1. The predicted octanol–water partition coefficient (Wildman–Crippen LogP) is 2.64. The monoisotopic (exact) mass is 445 g/mol. The molecule has 1 aromatic carbocycles. The maximum atomic E-state index is 13.0. The van der Waals surface area contributed by atoms with E-state index in [0.717, 1.165) is 10.6 Å². The van der Waals surface area contributed by atoms with Gasteiger partial charge >= 0.3 is 5.97 Å². The van der Waals surface area contributed by atoms with Crippen LogP contribution in [-0.2, 0) is 11.3 Å². The zero-order valence-electron chi connectivity index (χ0n) is 18.6. The number of hydrogen-bond donors (Lipinski definition) is 3. The van der Waals surface area contributed by atoms with Crippen molar-refractivity contribution in [1.29, 1.82) is 0 Å². The van der Waals surface area contributed by atoms with E-state index in [2.05, 4.69) is 15.6 Å². The minimum atomic E-state index is -1.28. The quantitative estimate of drug-likeness (QED) is 0.413. The van der Waals surface area contributed by atoms with Crippen molar-refractivity contribution in [2.45, 2.75) is 59.2 Å². The molecule has 0 bridgehead atoms. The van der Waals surface area contributed by atoms with Crippen molar-refractivity contribution in [3.8, 4) is 11.3 Å². The summed E-state index contributed by atoms with van der Waals surface area (Å²) in [6.45, 7) is 8.43. The first-order chi connectivity index (χ1) is 14.8. The van der Waals surface area contributed by atoms with E-state index in [-0.39, 0.29) is 34.4 Å². The van der Waals surface area contributed by atoms with Gasteiger partial charge in [0.1, 0.15) is 6.54 Å². The maximum Gasteiger partial charge on any atom is 0.323 e. The van der Waals surface area contributed by atoms with Crippen LogP contribution in [0.3, 0.4) is 0 Å². The molecule has 0 aliphatic heterocycles. The first kappa shape index (κ1) is 24.5. The number of nitrogens with one attached hydrogen (secondary N) is 2. The van der Waals surface area contributed by atoms with E-state index in [0.29, 0.717) is 6.42 Å². The van der Waals surface area contributed by atoms with Crippen LogP contribution in [0.5, 0.6) is 0 Å². The second-order valence-electron chi connectivity index (χ2n) is 8.46. The normalized spacial score (nSPS) is 12.2. The van der Waals surface area contributed by atoms with Crippen LogP contribution in [0, 0.1) is 10.1 Å². The van der Waals surface area contributed by atoms with E-state index >= 15 is 0 Å². The molecule has 11 nitrogen and oxygen atoms in total. The topological polar surface area (TPSA) is 156 Å². The van der Waals surface area contributed by atoms with Crippen LogP contribution in [0.4, 0.5) is 11.5 Å². The summed E-state index contributed by atoms with van der Waals surface area (Å²) in [5.41, 5.74) is -1.40. The summed E-state index contributed by atoms with van der Waals surface area (Å²) in [7, 11) is 0. The molecule has 0 aliphatic carbocycles. The minimum Gasteiger partial charge on any atom is -0.480 e. The van der Waals surface area contributed by atoms with Gasteiger partial charge < -0.3 is 15.7 Å². The average molecular weight is 445 g/mol. The number of carboxylic acid groups (broad SMARTS) is 1. The highest BCUT2D eigenvalue weighted by atomic mass is 16.6. The van der Waals surface area contributed by atoms with E-state index in [1.165, 1.54) is 18.3 Å². The number of carboxylic acids is 1. The van der Waals surface area contributed by atoms with Crippen LogP contribution < -0.4 is 16.2 Å². The third-order valence-electron chi connectivity index (χ3n) is 4.52. The molecule has 3 N–H and O–H groups in total. The van der Waals surface area contributed by atoms with Crippen molar-refractivity contribution >= 4 is 23.4 Å². The van der Waals surface area contributed by atoms with E-state index < -0.39 is 34.4 Å². The van der Waals surface area contributed by atoms with Crippen LogP contribution >= 0.6 is 0 Å². The first-order valence-corrected chi connectivity index (χ1v) is 10.0. The molecule has 1 aromatic heterocycles. The van der Waals surface area contributed by atoms with Crippen LogP contribution in [0.15, 0.2) is 29.2 Å². The van der Waals surface area contributed by atoms with Gasteiger partial charge in [0.15, 0.2) is 5.82 Å². The number of benzene rings is 1. The molecule has 0 fully saturated rings. The Hall–Kier alpha value is -3.76. The zero-order chi connectivity index (χ0) is 24.2. The third-order valence-corrected chi connectivity index (χ3v) is 4.52. The highest BCUT2D eigenvalue weighted by Crippen LogP contribution is 2.26. The molecule has 0 aliphatic rings. The Kier molecular flexibility index (Phi) is 7.34. The summed E-state index contributed by atoms with van der Waals surface area (Å²) >= 11 is 0. The second kappa shape index (κ2) is 9.58. The fraction of sp³-hybridized carbons (Fsp3) is 0.429. The first-order valence-electron chi connectivity index (χ1n) is 10.0. The van der Waals surface area contributed by atoms with Gasteiger partial charge in [-0.2, -0.15) is 0 Å². The summed E-state index contributed by atoms with van der Waals surface area (Å²) in [6, 6.07) is 3.52. The molecule has 0 saturated carbocycles. The van der Waals surface area contributed by atoms with Crippen molar-refractivity contribution in [1.82, 2.24) is 14.9 Å². The van der Waals surface area contributed by atoms with E-state index in [9.17, 15) is 29.6 Å². The third kappa shape index (κ3) is 6.13. The fourth-order valence-corrected chi connectivity index (χ4v) is 2.86. The summed E-state index contributed by atoms with van der Waals surface area (Å²) in [4.78, 5) is 51.9. The molecule has 0 unspecified atom stereocenters. The summed E-state index contributed by atoms with van der Waals surface area (Å²) < 4.78 is 0.957. The number of non-ortho nitro benzene ring substituents is 1. The number of anilines is 1. The Morgan fingerprint density at radius 2 is 1.94 bits per heavy atom. The molecule has 0 saturated heterocycles. The molecule has 1 atom stereocenters. The lowest BCUT2D eigenvalue weighted by atomic mass is 10.1. The second-order valence-corrected chi connectivity index (χ2v) is 8.46. The molecule has 1 amide bonds. The van der Waals surface area contributed by atoms with E-state index in [1.807, 2.05) is 27.7 Å². The lowest BCUT2D eigenvalue weighted by Crippen LogP contribution is -2.35. The van der Waals surface area contributed by atoms with Crippen LogP contribution in [0.1, 0.15) is 51.4 Å². The Bertz CT molecular complexity index is 1100. The van der Waals surface area contributed by atoms with Gasteiger partial charge in [-0.3, -0.25) is 29.1 Å². The number of hydrogen-bond acceptors (Lipinski definition) is 7. The number of carbonyl (C=O) groups is 2. The Labute approximate surface area is 184 Å². The summed E-state index contributed by atoms with van der Waals surface area (Å²) in [5, 5.41) is 26.4. The number of carbonyl (C=O) groups excluding carboxylic acids is 1. The van der Waals surface area contributed by atoms with Gasteiger partial charge in [-0.1, -0.05) is 6.92 Å². The number of nitrogens with zero attached hydrogens (tertiary/aromatic N) is 3. The molecule has 1 heterocycles. The van der Waals surface area contributed by atoms with Gasteiger partial charge in [0, 0.05) is 34.8 Å². The Morgan fingerprint density at radius 3 is 2.47 bits per heavy atom. The fourth-order valence-electron chi connectivity index (χ4n) is 2.86. The molecule has 172 valence electrons. The lowest BCUT2D eigenvalue weighted by Gasteiger charge is -2.22. The Morgan fingerprint density at radius 1 is 1.28 bits per heavy atom. The Balaban J connectivity index is 2.70. The lowest BCUT2D eigenvalue weighted by molar-refractivity contribution is -0.384. The van der Waals surface area contributed by atoms with Gasteiger partial charge in [0.25, 0.3) is 17.2 Å². The highest BCUT2D eigenvalue weighted by molar-refractivity contribution is 5.96. The number of amides is 1. The number of nitro benzene ring substituents is 1. The van der Waals surface area contributed by atoms with E-state index in [1.54, 1.807) is 6.92 Å². The highest BCUT2D eigenvalue weighted by Gasteiger charge is 2.22. The average Bonchev–Trinajstić information content (AvgIpc) is 2.69. The van der Waals surface area contributed by atoms with Gasteiger partial charge in [-0.05, 0) is 40.2 Å². The molecular weight excluding hydrogens is 418 g/mol. The smallest absolute Gasteiger partial charge is 0.323 e. The summed E-state index contributed by atoms with van der Waals surface area (Å²) in [6.07, 6.45) is 1.92. The molecule has 0 radical (unpaired) electrons. The SMILES string of the molecule is CC[C@@H](C)NC(=O)c1cc(-c2cnc(NC(C)(C)C)c(=O)n2CC(=O)O)cc([N+](=O)[O-])c1. The molecule has 0 spiro atoms. The van der Waals surface area contributed by atoms with E-state index in [4.69, 9.17) is 0 Å². The van der Waals surface area contributed by atoms with Crippen LogP contribution in [0.25, 0.3) is 11.3 Å². The van der Waals surface area contributed by atoms with Crippen LogP contribution in [0.2, 0.25) is 0 Å². The number of aromatic nitrogens is 2. The van der Waals surface area contributed by atoms with Crippen molar-refractivity contribution in [3.05, 3.63) is 50.4 Å². The molecule has 32 heavy (non-hydrogen) atoms. The van der Waals surface area contributed by atoms with Gasteiger partial charge in [0.2, 0.25) is 0 Å². The molecule has 11 heteroatoms. The van der Waals surface area contributed by atoms with Crippen molar-refractivity contribution in [3.63, 3.8) is 0 Å². The summed E-state index contributed by atoms with van der Waals surface area (Å²) in [5.74, 6) is -1.85. The van der Waals surface area contributed by atoms with Gasteiger partial charge in [0.05, 0.1) is 16.8 Å². The van der Waals surface area contributed by atoms with Crippen molar-refractivity contribution in [2.75, 3.05) is 5.32 Å². The zero-order valence-corrected chi connectivity index (χ0v) is 18.6. The predicted molar refractivity (Wildman–Crippen MR) is 119 cm³/mol. The van der Waals surface area contributed by atoms with Gasteiger partial charge in [-0.25, -0.2) is 4.98 Å². The van der Waals surface area contributed by atoms with Crippen molar-refractivity contribution in [2.24, 2.45) is 0 Å². The largest absolute Gasteiger partial charge is 0.480 e. The van der Waals surface area contributed by atoms with Crippen molar-refractivity contribution < 1.29 is 19.6 Å². The number of rotatable bonds is 8. The number of aliphatic carboxylic acids is 1. The van der Waals surface area contributed by atoms with Crippen LogP contribution in [-0.4, -0.2) is 43.0 Å². The minimum absolute atomic E-state index is 0.0146. The molecule has 2 aromatic rings. The van der Waals surface area contributed by atoms with Gasteiger partial charge in [-0.15, -0.1) is 0 Å². The maximum absolute atomic E-state index is 13.0. The molecular formula is C21H27N5O6.